The molecule has 5 nitrogen and oxygen atoms in total. The molecule has 0 saturated carbocycles. The number of hydrogen-bond donors (Lipinski definition) is 2. The SMILES string of the molecule is CC(C)(C)c1cc(N/C(=N/S(=O)(=O)c2ccccc2)c2ccccc2)cc(C(C)(C)C)c1O. The fraction of sp³-hybridized carbons (Fsp3) is 0.296. The van der Waals surface area contributed by atoms with Gasteiger partial charge in [-0.15, -0.1) is 4.40 Å². The number of phenols is 1. The lowest BCUT2D eigenvalue weighted by atomic mass is 9.79. The van der Waals surface area contributed by atoms with Crippen LogP contribution in [0.5, 0.6) is 5.75 Å². The van der Waals surface area contributed by atoms with E-state index in [1.54, 1.807) is 18.2 Å². The molecule has 0 unspecified atom stereocenters. The van der Waals surface area contributed by atoms with Gasteiger partial charge in [-0.2, -0.15) is 8.42 Å². The Labute approximate surface area is 197 Å². The summed E-state index contributed by atoms with van der Waals surface area (Å²) in [4.78, 5) is 0.122. The molecule has 0 amide bonds. The zero-order chi connectivity index (χ0) is 24.4. The fourth-order valence-electron chi connectivity index (χ4n) is 3.50. The first kappa shape index (κ1) is 24.5. The molecule has 33 heavy (non-hydrogen) atoms. The lowest BCUT2D eigenvalue weighted by Gasteiger charge is -2.28. The average molecular weight is 465 g/mol. The molecule has 0 heterocycles. The minimum absolute atomic E-state index is 0.122. The molecule has 0 fully saturated rings. The Kier molecular flexibility index (Phi) is 6.70. The number of hydrogen-bond acceptors (Lipinski definition) is 3. The number of anilines is 1. The minimum Gasteiger partial charge on any atom is -0.507 e. The van der Waals surface area contributed by atoms with Crippen molar-refractivity contribution < 1.29 is 13.5 Å². The predicted octanol–water partition coefficient (Wildman–Crippen LogP) is 6.23. The standard InChI is InChI=1S/C27H32N2O3S/c1-26(2,3)22-17-20(18-23(24(22)30)27(4,5)6)28-25(19-13-9-7-10-14-19)29-33(31,32)21-15-11-8-12-16-21/h7-18,30H,1-6H3,(H,28,29). The van der Waals surface area contributed by atoms with Gasteiger partial charge in [0, 0.05) is 22.4 Å². The summed E-state index contributed by atoms with van der Waals surface area (Å²) in [5, 5.41) is 14.2. The van der Waals surface area contributed by atoms with Crippen LogP contribution in [0, 0.1) is 0 Å². The quantitative estimate of drug-likeness (QED) is 0.272. The molecule has 0 aliphatic carbocycles. The van der Waals surface area contributed by atoms with Gasteiger partial charge in [0.1, 0.15) is 5.75 Å². The molecule has 2 N–H and O–H groups in total. The summed E-state index contributed by atoms with van der Waals surface area (Å²) in [5.41, 5.74) is 2.21. The van der Waals surface area contributed by atoms with E-state index in [0.717, 1.165) is 11.1 Å². The van der Waals surface area contributed by atoms with E-state index < -0.39 is 10.0 Å². The molecule has 6 heteroatoms. The molecular weight excluding hydrogens is 432 g/mol. The van der Waals surface area contributed by atoms with Crippen LogP contribution in [0.25, 0.3) is 0 Å². The van der Waals surface area contributed by atoms with Gasteiger partial charge in [0.25, 0.3) is 10.0 Å². The van der Waals surface area contributed by atoms with E-state index in [9.17, 15) is 13.5 Å². The number of nitrogens with one attached hydrogen (secondary N) is 1. The van der Waals surface area contributed by atoms with Gasteiger partial charge in [0.15, 0.2) is 5.84 Å². The van der Waals surface area contributed by atoms with E-state index in [1.807, 2.05) is 84.0 Å². The van der Waals surface area contributed by atoms with E-state index in [2.05, 4.69) is 9.71 Å². The molecular formula is C27H32N2O3S. The summed E-state index contributed by atoms with van der Waals surface area (Å²) in [7, 11) is -3.94. The van der Waals surface area contributed by atoms with Crippen LogP contribution in [0.2, 0.25) is 0 Å². The maximum atomic E-state index is 13.0. The first-order valence-corrected chi connectivity index (χ1v) is 12.3. The van der Waals surface area contributed by atoms with Crippen molar-refractivity contribution >= 4 is 21.5 Å². The first-order chi connectivity index (χ1) is 15.3. The van der Waals surface area contributed by atoms with Crippen LogP contribution in [0.15, 0.2) is 82.1 Å². The number of sulfonamides is 1. The van der Waals surface area contributed by atoms with Crippen molar-refractivity contribution in [3.05, 3.63) is 89.5 Å². The zero-order valence-electron chi connectivity index (χ0n) is 20.0. The lowest BCUT2D eigenvalue weighted by molar-refractivity contribution is 0.423. The lowest BCUT2D eigenvalue weighted by Crippen LogP contribution is -2.20. The molecule has 3 aromatic rings. The third kappa shape index (κ3) is 5.82. The highest BCUT2D eigenvalue weighted by molar-refractivity contribution is 7.90. The largest absolute Gasteiger partial charge is 0.507 e. The molecule has 0 aliphatic heterocycles. The van der Waals surface area contributed by atoms with Crippen LogP contribution in [0.4, 0.5) is 5.69 Å². The number of nitrogens with zero attached hydrogens (tertiary/aromatic N) is 1. The van der Waals surface area contributed by atoms with Crippen molar-refractivity contribution in [3.63, 3.8) is 0 Å². The van der Waals surface area contributed by atoms with Crippen LogP contribution in [-0.4, -0.2) is 19.4 Å². The second kappa shape index (κ2) is 9.02. The van der Waals surface area contributed by atoms with Gasteiger partial charge in [-0.3, -0.25) is 0 Å². The number of benzene rings is 3. The summed E-state index contributed by atoms with van der Waals surface area (Å²) in [6.07, 6.45) is 0. The molecule has 0 aliphatic rings. The van der Waals surface area contributed by atoms with Crippen LogP contribution >= 0.6 is 0 Å². The summed E-state index contributed by atoms with van der Waals surface area (Å²) in [6, 6.07) is 21.0. The predicted molar refractivity (Wildman–Crippen MR) is 136 cm³/mol. The average Bonchev–Trinajstić information content (AvgIpc) is 2.74. The van der Waals surface area contributed by atoms with Gasteiger partial charge >= 0.3 is 0 Å². The monoisotopic (exact) mass is 464 g/mol. The fourth-order valence-corrected chi connectivity index (χ4v) is 4.49. The first-order valence-electron chi connectivity index (χ1n) is 10.9. The second-order valence-corrected chi connectivity index (χ2v) is 11.7. The Morgan fingerprint density at radius 2 is 1.24 bits per heavy atom. The molecule has 0 spiro atoms. The second-order valence-electron chi connectivity index (χ2n) is 10.1. The van der Waals surface area contributed by atoms with Gasteiger partial charge in [-0.1, -0.05) is 90.1 Å². The summed E-state index contributed by atoms with van der Waals surface area (Å²) < 4.78 is 30.3. The Balaban J connectivity index is 2.19. The van der Waals surface area contributed by atoms with Crippen LogP contribution in [0.1, 0.15) is 58.2 Å². The van der Waals surface area contributed by atoms with Crippen molar-refractivity contribution in [2.24, 2.45) is 4.40 Å². The third-order valence-corrected chi connectivity index (χ3v) is 6.58. The molecule has 0 saturated heterocycles. The normalized spacial score (nSPS) is 13.1. The molecule has 3 rings (SSSR count). The zero-order valence-corrected chi connectivity index (χ0v) is 20.9. The highest BCUT2D eigenvalue weighted by atomic mass is 32.2. The Morgan fingerprint density at radius 3 is 1.70 bits per heavy atom. The van der Waals surface area contributed by atoms with E-state index in [1.165, 1.54) is 12.1 Å². The van der Waals surface area contributed by atoms with Gasteiger partial charge < -0.3 is 10.4 Å². The van der Waals surface area contributed by atoms with Crippen molar-refractivity contribution in [2.45, 2.75) is 57.3 Å². The Bertz CT molecular complexity index is 1220. The van der Waals surface area contributed by atoms with Crippen molar-refractivity contribution in [3.8, 4) is 5.75 Å². The van der Waals surface area contributed by atoms with Crippen molar-refractivity contribution in [2.75, 3.05) is 5.32 Å². The van der Waals surface area contributed by atoms with E-state index in [0.29, 0.717) is 11.3 Å². The summed E-state index contributed by atoms with van der Waals surface area (Å²) >= 11 is 0. The van der Waals surface area contributed by atoms with Crippen LogP contribution in [-0.2, 0) is 20.9 Å². The molecule has 3 aromatic carbocycles. The number of rotatable bonds is 4. The van der Waals surface area contributed by atoms with E-state index >= 15 is 0 Å². The Hall–Kier alpha value is -3.12. The van der Waals surface area contributed by atoms with Gasteiger partial charge in [-0.25, -0.2) is 0 Å². The van der Waals surface area contributed by atoms with E-state index in [-0.39, 0.29) is 27.3 Å². The topological polar surface area (TPSA) is 78.8 Å². The molecule has 0 atom stereocenters. The van der Waals surface area contributed by atoms with Crippen LogP contribution in [0.3, 0.4) is 0 Å². The molecule has 174 valence electrons. The van der Waals surface area contributed by atoms with Gasteiger partial charge in [-0.05, 0) is 35.1 Å². The smallest absolute Gasteiger partial charge is 0.284 e. The van der Waals surface area contributed by atoms with Gasteiger partial charge in [0.05, 0.1) is 4.90 Å². The van der Waals surface area contributed by atoms with Crippen molar-refractivity contribution in [1.82, 2.24) is 0 Å². The third-order valence-electron chi connectivity index (χ3n) is 5.29. The molecule has 0 bridgehead atoms. The summed E-state index contributed by atoms with van der Waals surface area (Å²) in [5.74, 6) is 0.473. The highest BCUT2D eigenvalue weighted by Gasteiger charge is 2.27. The number of aromatic hydroxyl groups is 1. The highest BCUT2D eigenvalue weighted by Crippen LogP contribution is 2.41. The molecule has 0 radical (unpaired) electrons. The van der Waals surface area contributed by atoms with Gasteiger partial charge in [0.2, 0.25) is 0 Å². The number of amidine groups is 1. The maximum Gasteiger partial charge on any atom is 0.284 e. The summed E-state index contributed by atoms with van der Waals surface area (Å²) in [6.45, 7) is 12.2. The minimum atomic E-state index is -3.94. The Morgan fingerprint density at radius 1 is 0.788 bits per heavy atom. The maximum absolute atomic E-state index is 13.0. The van der Waals surface area contributed by atoms with Crippen molar-refractivity contribution in [1.29, 1.82) is 0 Å². The number of phenolic OH excluding ortho intramolecular Hbond substituents is 1. The van der Waals surface area contributed by atoms with E-state index in [4.69, 9.17) is 0 Å². The van der Waals surface area contributed by atoms with Crippen LogP contribution < -0.4 is 5.32 Å². The molecule has 0 aromatic heterocycles.